The van der Waals surface area contributed by atoms with E-state index in [1.165, 1.54) is 31.2 Å². The van der Waals surface area contributed by atoms with Gasteiger partial charge in [-0.15, -0.1) is 0 Å². The zero-order valence-corrected chi connectivity index (χ0v) is 21.8. The highest BCUT2D eigenvalue weighted by molar-refractivity contribution is 5.81. The zero-order chi connectivity index (χ0) is 26.9. The Bertz CT molecular complexity index is 1230. The Morgan fingerprint density at radius 2 is 1.58 bits per heavy atom. The number of carbonyl (C=O) groups is 1. The lowest BCUT2D eigenvalue weighted by Gasteiger charge is -2.26. The second kappa shape index (κ2) is 13.2. The third-order valence-electron chi connectivity index (χ3n) is 7.06. The number of hydrogen-bond donors (Lipinski definition) is 1. The smallest absolute Gasteiger partial charge is 0.330 e. The Morgan fingerprint density at radius 3 is 2.26 bits per heavy atom. The molecule has 4 rings (SSSR count). The third kappa shape index (κ3) is 7.01. The predicted molar refractivity (Wildman–Crippen MR) is 147 cm³/mol. The molecule has 0 radical (unpaired) electrons. The Balaban J connectivity index is 1.50. The van der Waals surface area contributed by atoms with Crippen molar-refractivity contribution >= 4 is 5.97 Å². The van der Waals surface area contributed by atoms with Crippen molar-refractivity contribution in [3.8, 4) is 33.8 Å². The first kappa shape index (κ1) is 27.4. The average molecular weight is 519 g/mol. The molecule has 0 bridgehead atoms. The van der Waals surface area contributed by atoms with Gasteiger partial charge in [0.25, 0.3) is 0 Å². The van der Waals surface area contributed by atoms with E-state index in [1.807, 2.05) is 6.07 Å². The SMILES string of the molecule is C=CC(=O)OCCOc1cc(-c2ccc(-c3ccc(C4CCC(C)CC4)cc3)cc2F)ccc1OCCO. The summed E-state index contributed by atoms with van der Waals surface area (Å²) in [6, 6.07) is 18.9. The molecule has 1 N–H and O–H groups in total. The van der Waals surface area contributed by atoms with Gasteiger partial charge in [-0.1, -0.05) is 68.8 Å². The Labute approximate surface area is 223 Å². The van der Waals surface area contributed by atoms with E-state index in [2.05, 4.69) is 37.8 Å². The van der Waals surface area contributed by atoms with Gasteiger partial charge in [0.15, 0.2) is 11.5 Å². The summed E-state index contributed by atoms with van der Waals surface area (Å²) in [5.74, 6) is 1.32. The molecular formula is C32H35FO5. The van der Waals surface area contributed by atoms with Crippen molar-refractivity contribution in [3.05, 3.63) is 84.7 Å². The van der Waals surface area contributed by atoms with Crippen LogP contribution in [0.4, 0.5) is 4.39 Å². The normalized spacial score (nSPS) is 17.0. The van der Waals surface area contributed by atoms with Crippen LogP contribution in [-0.2, 0) is 9.53 Å². The van der Waals surface area contributed by atoms with Gasteiger partial charge in [-0.25, -0.2) is 9.18 Å². The van der Waals surface area contributed by atoms with Gasteiger partial charge < -0.3 is 19.3 Å². The molecule has 1 fully saturated rings. The molecule has 3 aromatic rings. The molecule has 0 aromatic heterocycles. The molecule has 5 nitrogen and oxygen atoms in total. The topological polar surface area (TPSA) is 65.0 Å². The molecule has 0 amide bonds. The minimum absolute atomic E-state index is 0.0240. The van der Waals surface area contributed by atoms with Crippen LogP contribution in [0.3, 0.4) is 0 Å². The van der Waals surface area contributed by atoms with Crippen molar-refractivity contribution in [1.82, 2.24) is 0 Å². The number of aliphatic hydroxyl groups excluding tert-OH is 1. The van der Waals surface area contributed by atoms with Crippen molar-refractivity contribution in [1.29, 1.82) is 0 Å². The molecule has 0 saturated heterocycles. The van der Waals surface area contributed by atoms with Crippen LogP contribution < -0.4 is 9.47 Å². The van der Waals surface area contributed by atoms with Gasteiger partial charge in [-0.3, -0.25) is 0 Å². The molecule has 200 valence electrons. The van der Waals surface area contributed by atoms with E-state index >= 15 is 4.39 Å². The monoisotopic (exact) mass is 518 g/mol. The summed E-state index contributed by atoms with van der Waals surface area (Å²) in [5.41, 5.74) is 4.21. The van der Waals surface area contributed by atoms with E-state index in [9.17, 15) is 4.79 Å². The number of rotatable bonds is 11. The van der Waals surface area contributed by atoms with E-state index in [0.29, 0.717) is 28.5 Å². The van der Waals surface area contributed by atoms with E-state index in [-0.39, 0.29) is 32.2 Å². The predicted octanol–water partition coefficient (Wildman–Crippen LogP) is 6.93. The van der Waals surface area contributed by atoms with Crippen LogP contribution in [0.5, 0.6) is 11.5 Å². The van der Waals surface area contributed by atoms with Gasteiger partial charge in [0.05, 0.1) is 6.61 Å². The number of halogens is 1. The molecule has 3 aromatic carbocycles. The lowest BCUT2D eigenvalue weighted by atomic mass is 9.79. The molecule has 1 aliphatic carbocycles. The molecule has 38 heavy (non-hydrogen) atoms. The Kier molecular flexibility index (Phi) is 9.55. The van der Waals surface area contributed by atoms with Crippen LogP contribution in [0.1, 0.15) is 44.1 Å². The first-order valence-corrected chi connectivity index (χ1v) is 13.2. The lowest BCUT2D eigenvalue weighted by molar-refractivity contribution is -0.138. The van der Waals surface area contributed by atoms with E-state index in [1.54, 1.807) is 30.3 Å². The largest absolute Gasteiger partial charge is 0.487 e. The molecular weight excluding hydrogens is 483 g/mol. The maximum Gasteiger partial charge on any atom is 0.330 e. The van der Waals surface area contributed by atoms with Crippen LogP contribution >= 0.6 is 0 Å². The molecule has 1 saturated carbocycles. The van der Waals surface area contributed by atoms with Crippen LogP contribution in [0.2, 0.25) is 0 Å². The van der Waals surface area contributed by atoms with Gasteiger partial charge in [0.2, 0.25) is 0 Å². The van der Waals surface area contributed by atoms with Crippen LogP contribution in [0.15, 0.2) is 73.3 Å². The molecule has 0 unspecified atom stereocenters. The first-order chi connectivity index (χ1) is 18.5. The number of hydrogen-bond acceptors (Lipinski definition) is 5. The highest BCUT2D eigenvalue weighted by Gasteiger charge is 2.20. The lowest BCUT2D eigenvalue weighted by Crippen LogP contribution is -2.11. The van der Waals surface area contributed by atoms with Crippen molar-refractivity contribution in [2.24, 2.45) is 5.92 Å². The maximum absolute atomic E-state index is 15.3. The quantitative estimate of drug-likeness (QED) is 0.169. The Morgan fingerprint density at radius 1 is 0.895 bits per heavy atom. The summed E-state index contributed by atoms with van der Waals surface area (Å²) >= 11 is 0. The summed E-state index contributed by atoms with van der Waals surface area (Å²) in [6.07, 6.45) is 6.11. The van der Waals surface area contributed by atoms with Gasteiger partial charge in [0, 0.05) is 11.6 Å². The van der Waals surface area contributed by atoms with Crippen LogP contribution in [-0.4, -0.2) is 37.5 Å². The molecule has 0 heterocycles. The van der Waals surface area contributed by atoms with Crippen LogP contribution in [0.25, 0.3) is 22.3 Å². The standard InChI is InChI=1S/C32H35FO5/c1-3-32(35)38-19-18-37-31-21-27(13-15-30(31)36-17-16-34)28-14-12-26(20-29(28)33)25-10-8-24(9-11-25)23-6-4-22(2)5-7-23/h3,8-15,20-23,34H,1,4-7,16-19H2,2H3. The van der Waals surface area contributed by atoms with Gasteiger partial charge in [-0.2, -0.15) is 0 Å². The van der Waals surface area contributed by atoms with Gasteiger partial charge >= 0.3 is 5.97 Å². The van der Waals surface area contributed by atoms with Crippen molar-refractivity contribution < 1.29 is 28.5 Å². The minimum atomic E-state index is -0.542. The summed E-state index contributed by atoms with van der Waals surface area (Å²) in [7, 11) is 0. The van der Waals surface area contributed by atoms with Crippen molar-refractivity contribution in [2.75, 3.05) is 26.4 Å². The van der Waals surface area contributed by atoms with Crippen molar-refractivity contribution in [3.63, 3.8) is 0 Å². The average Bonchev–Trinajstić information content (AvgIpc) is 2.95. The molecule has 0 spiro atoms. The number of carbonyl (C=O) groups excluding carboxylic acids is 1. The second-order valence-corrected chi connectivity index (χ2v) is 9.73. The summed E-state index contributed by atoms with van der Waals surface area (Å²) in [5, 5.41) is 9.12. The Hall–Kier alpha value is -3.64. The molecule has 6 heteroatoms. The van der Waals surface area contributed by atoms with Crippen LogP contribution in [0, 0.1) is 11.7 Å². The first-order valence-electron chi connectivity index (χ1n) is 13.2. The molecule has 0 aliphatic heterocycles. The van der Waals surface area contributed by atoms with Gasteiger partial charge in [-0.05, 0) is 65.1 Å². The second-order valence-electron chi connectivity index (χ2n) is 9.73. The third-order valence-corrected chi connectivity index (χ3v) is 7.06. The fraction of sp³-hybridized carbons (Fsp3) is 0.344. The number of aliphatic hydroxyl groups is 1. The summed E-state index contributed by atoms with van der Waals surface area (Å²) < 4.78 is 31.6. The van der Waals surface area contributed by atoms with E-state index < -0.39 is 5.97 Å². The maximum atomic E-state index is 15.3. The fourth-order valence-corrected chi connectivity index (χ4v) is 4.89. The summed E-state index contributed by atoms with van der Waals surface area (Å²) in [6.45, 7) is 5.71. The molecule has 1 aliphatic rings. The van der Waals surface area contributed by atoms with E-state index in [0.717, 1.165) is 23.1 Å². The number of ether oxygens (including phenoxy) is 3. The highest BCUT2D eigenvalue weighted by atomic mass is 19.1. The summed E-state index contributed by atoms with van der Waals surface area (Å²) in [4.78, 5) is 11.2. The highest BCUT2D eigenvalue weighted by Crippen LogP contribution is 2.37. The molecule has 0 atom stereocenters. The number of benzene rings is 3. The van der Waals surface area contributed by atoms with Crippen molar-refractivity contribution in [2.45, 2.75) is 38.5 Å². The zero-order valence-electron chi connectivity index (χ0n) is 21.8. The fourth-order valence-electron chi connectivity index (χ4n) is 4.89. The number of esters is 1. The van der Waals surface area contributed by atoms with Gasteiger partial charge in [0.1, 0.15) is 25.6 Å². The van der Waals surface area contributed by atoms with E-state index in [4.69, 9.17) is 19.3 Å². The minimum Gasteiger partial charge on any atom is -0.487 e.